The Bertz CT molecular complexity index is 328. The minimum Gasteiger partial charge on any atom is -0.384 e. The van der Waals surface area contributed by atoms with Gasteiger partial charge in [-0.15, -0.1) is 11.8 Å². The second-order valence-electron chi connectivity index (χ2n) is 3.18. The zero-order chi connectivity index (χ0) is 11.1. The van der Waals surface area contributed by atoms with Gasteiger partial charge in [-0.05, 0) is 18.6 Å². The number of anilines is 1. The zero-order valence-corrected chi connectivity index (χ0v) is 9.64. The van der Waals surface area contributed by atoms with E-state index in [0.29, 0.717) is 5.75 Å². The topological polar surface area (TPSA) is 55.1 Å². The van der Waals surface area contributed by atoms with E-state index in [4.69, 9.17) is 5.73 Å². The predicted molar refractivity (Wildman–Crippen MR) is 65.1 cm³/mol. The van der Waals surface area contributed by atoms with E-state index in [1.165, 1.54) is 11.8 Å². The third-order valence-corrected chi connectivity index (χ3v) is 2.92. The summed E-state index contributed by atoms with van der Waals surface area (Å²) in [7, 11) is 0. The maximum Gasteiger partial charge on any atom is 0.227 e. The van der Waals surface area contributed by atoms with Gasteiger partial charge in [0.15, 0.2) is 0 Å². The first kappa shape index (κ1) is 11.9. The highest BCUT2D eigenvalue weighted by atomic mass is 32.2. The average Bonchev–Trinajstić information content (AvgIpc) is 2.24. The molecule has 0 fully saturated rings. The lowest BCUT2D eigenvalue weighted by Crippen LogP contribution is -2.13. The molecule has 0 aliphatic carbocycles. The van der Waals surface area contributed by atoms with Gasteiger partial charge in [-0.3, -0.25) is 4.79 Å². The fourth-order valence-corrected chi connectivity index (χ4v) is 1.92. The quantitative estimate of drug-likeness (QED) is 0.727. The van der Waals surface area contributed by atoms with Gasteiger partial charge in [-0.2, -0.15) is 0 Å². The van der Waals surface area contributed by atoms with E-state index in [9.17, 15) is 4.79 Å². The van der Waals surface area contributed by atoms with Crippen LogP contribution in [0.1, 0.15) is 13.3 Å². The summed E-state index contributed by atoms with van der Waals surface area (Å²) < 4.78 is 0. The molecule has 0 saturated carbocycles. The van der Waals surface area contributed by atoms with Crippen LogP contribution in [0.15, 0.2) is 29.2 Å². The minimum absolute atomic E-state index is 0.287. The van der Waals surface area contributed by atoms with Crippen LogP contribution in [0.5, 0.6) is 0 Å². The first-order valence-electron chi connectivity index (χ1n) is 4.98. The Balaban J connectivity index is 2.63. The SMILES string of the molecule is CCCNc1ccccc1SCC(N)=O. The molecule has 0 aliphatic heterocycles. The fourth-order valence-electron chi connectivity index (χ4n) is 1.15. The lowest BCUT2D eigenvalue weighted by molar-refractivity contribution is -0.115. The number of nitrogens with one attached hydrogen (secondary N) is 1. The summed E-state index contributed by atoms with van der Waals surface area (Å²) in [5.41, 5.74) is 6.18. The molecule has 1 rings (SSSR count). The predicted octanol–water partition coefficient (Wildman–Crippen LogP) is 2.09. The summed E-state index contributed by atoms with van der Waals surface area (Å²) in [6.07, 6.45) is 1.08. The van der Waals surface area contributed by atoms with E-state index in [1.54, 1.807) is 0 Å². The number of benzene rings is 1. The number of hydrogen-bond acceptors (Lipinski definition) is 3. The van der Waals surface area contributed by atoms with Crippen molar-refractivity contribution in [2.24, 2.45) is 5.73 Å². The van der Waals surface area contributed by atoms with Crippen LogP contribution in [0.25, 0.3) is 0 Å². The van der Waals surface area contributed by atoms with Crippen molar-refractivity contribution in [2.75, 3.05) is 17.6 Å². The first-order chi connectivity index (χ1) is 7.24. The Labute approximate surface area is 94.4 Å². The molecule has 15 heavy (non-hydrogen) atoms. The molecule has 1 aromatic rings. The number of rotatable bonds is 6. The lowest BCUT2D eigenvalue weighted by Gasteiger charge is -2.09. The van der Waals surface area contributed by atoms with Gasteiger partial charge in [-0.1, -0.05) is 19.1 Å². The van der Waals surface area contributed by atoms with Gasteiger partial charge >= 0.3 is 0 Å². The van der Waals surface area contributed by atoms with Crippen LogP contribution in [-0.2, 0) is 4.79 Å². The van der Waals surface area contributed by atoms with E-state index in [-0.39, 0.29) is 5.91 Å². The Morgan fingerprint density at radius 3 is 2.87 bits per heavy atom. The molecule has 0 atom stereocenters. The second-order valence-corrected chi connectivity index (χ2v) is 4.20. The van der Waals surface area contributed by atoms with Crippen LogP contribution >= 0.6 is 11.8 Å². The molecule has 82 valence electrons. The lowest BCUT2D eigenvalue weighted by atomic mass is 10.3. The summed E-state index contributed by atoms with van der Waals surface area (Å²) in [5.74, 6) is 0.0375. The van der Waals surface area contributed by atoms with Crippen molar-refractivity contribution in [3.63, 3.8) is 0 Å². The van der Waals surface area contributed by atoms with Crippen LogP contribution < -0.4 is 11.1 Å². The molecular weight excluding hydrogens is 208 g/mol. The summed E-state index contributed by atoms with van der Waals surface area (Å²) in [5, 5.41) is 3.31. The highest BCUT2D eigenvalue weighted by Crippen LogP contribution is 2.26. The maximum absolute atomic E-state index is 10.7. The number of carbonyl (C=O) groups excluding carboxylic acids is 1. The summed E-state index contributed by atoms with van der Waals surface area (Å²) in [6.45, 7) is 3.06. The van der Waals surface area contributed by atoms with Gasteiger partial charge in [-0.25, -0.2) is 0 Å². The van der Waals surface area contributed by atoms with Crippen LogP contribution in [0, 0.1) is 0 Å². The van der Waals surface area contributed by atoms with Crippen molar-refractivity contribution in [1.82, 2.24) is 0 Å². The Morgan fingerprint density at radius 1 is 1.47 bits per heavy atom. The Kier molecular flexibility index (Phi) is 5.04. The normalized spacial score (nSPS) is 9.93. The molecule has 4 heteroatoms. The molecule has 1 amide bonds. The van der Waals surface area contributed by atoms with Crippen LogP contribution in [-0.4, -0.2) is 18.2 Å². The van der Waals surface area contributed by atoms with Gasteiger partial charge in [0, 0.05) is 17.1 Å². The van der Waals surface area contributed by atoms with Crippen molar-refractivity contribution in [3.8, 4) is 0 Å². The molecule has 0 aliphatic rings. The summed E-state index contributed by atoms with van der Waals surface area (Å²) in [6, 6.07) is 7.94. The van der Waals surface area contributed by atoms with E-state index >= 15 is 0 Å². The first-order valence-corrected chi connectivity index (χ1v) is 5.96. The highest BCUT2D eigenvalue weighted by Gasteiger charge is 2.02. The molecule has 0 heterocycles. The Hall–Kier alpha value is -1.16. The molecule has 0 radical (unpaired) electrons. The number of primary amides is 1. The van der Waals surface area contributed by atoms with Gasteiger partial charge in [0.1, 0.15) is 0 Å². The summed E-state index contributed by atoms with van der Waals surface area (Å²) >= 11 is 1.47. The van der Waals surface area contributed by atoms with E-state index in [0.717, 1.165) is 23.5 Å². The minimum atomic E-state index is -0.287. The third-order valence-electron chi connectivity index (χ3n) is 1.82. The smallest absolute Gasteiger partial charge is 0.227 e. The number of nitrogens with two attached hydrogens (primary N) is 1. The fraction of sp³-hybridized carbons (Fsp3) is 0.364. The van der Waals surface area contributed by atoms with Crippen molar-refractivity contribution >= 4 is 23.4 Å². The number of carbonyl (C=O) groups is 1. The molecular formula is C11H16N2OS. The molecule has 3 N–H and O–H groups in total. The molecule has 3 nitrogen and oxygen atoms in total. The van der Waals surface area contributed by atoms with Crippen LogP contribution in [0.4, 0.5) is 5.69 Å². The monoisotopic (exact) mass is 224 g/mol. The van der Waals surface area contributed by atoms with Crippen molar-refractivity contribution in [2.45, 2.75) is 18.2 Å². The molecule has 0 unspecified atom stereocenters. The van der Waals surface area contributed by atoms with Crippen LogP contribution in [0.3, 0.4) is 0 Å². The largest absolute Gasteiger partial charge is 0.384 e. The van der Waals surface area contributed by atoms with Crippen LogP contribution in [0.2, 0.25) is 0 Å². The molecule has 0 aromatic heterocycles. The van der Waals surface area contributed by atoms with Crippen molar-refractivity contribution < 1.29 is 4.79 Å². The average molecular weight is 224 g/mol. The second kappa shape index (κ2) is 6.35. The number of thioether (sulfide) groups is 1. The Morgan fingerprint density at radius 2 is 2.20 bits per heavy atom. The van der Waals surface area contributed by atoms with Crippen molar-refractivity contribution in [3.05, 3.63) is 24.3 Å². The van der Waals surface area contributed by atoms with Gasteiger partial charge in [0.2, 0.25) is 5.91 Å². The van der Waals surface area contributed by atoms with E-state index in [2.05, 4.69) is 12.2 Å². The molecule has 0 saturated heterocycles. The molecule has 1 aromatic carbocycles. The van der Waals surface area contributed by atoms with Crippen molar-refractivity contribution in [1.29, 1.82) is 0 Å². The molecule has 0 spiro atoms. The maximum atomic E-state index is 10.7. The third kappa shape index (κ3) is 4.25. The number of para-hydroxylation sites is 1. The van der Waals surface area contributed by atoms with Gasteiger partial charge in [0.05, 0.1) is 5.75 Å². The molecule has 0 bridgehead atoms. The standard InChI is InChI=1S/C11H16N2OS/c1-2-7-13-9-5-3-4-6-10(9)15-8-11(12)14/h3-6,13H,2,7-8H2,1H3,(H2,12,14). The number of amides is 1. The highest BCUT2D eigenvalue weighted by molar-refractivity contribution is 8.00. The zero-order valence-electron chi connectivity index (χ0n) is 8.82. The van der Waals surface area contributed by atoms with E-state index < -0.39 is 0 Å². The van der Waals surface area contributed by atoms with Gasteiger partial charge < -0.3 is 11.1 Å². The summed E-state index contributed by atoms with van der Waals surface area (Å²) in [4.78, 5) is 11.8. The van der Waals surface area contributed by atoms with Gasteiger partial charge in [0.25, 0.3) is 0 Å². The van der Waals surface area contributed by atoms with E-state index in [1.807, 2.05) is 24.3 Å². The number of hydrogen-bond donors (Lipinski definition) is 2.